The van der Waals surface area contributed by atoms with Gasteiger partial charge >= 0.3 is 5.97 Å². The molecule has 0 amide bonds. The minimum absolute atomic E-state index is 0.318. The molecule has 1 aromatic rings. The van der Waals surface area contributed by atoms with Crippen molar-refractivity contribution in [3.05, 3.63) is 34.6 Å². The molecule has 0 saturated carbocycles. The Balaban J connectivity index is 2.70. The van der Waals surface area contributed by atoms with Crippen LogP contribution in [0.2, 0.25) is 5.02 Å². The van der Waals surface area contributed by atoms with Crippen LogP contribution < -0.4 is 5.32 Å². The first-order valence-corrected chi connectivity index (χ1v) is 6.57. The molecule has 1 aromatic carbocycles. The smallest absolute Gasteiger partial charge is 0.322 e. The molecule has 19 heavy (non-hydrogen) atoms. The quantitative estimate of drug-likeness (QED) is 0.817. The maximum absolute atomic E-state index is 13.1. The second kappa shape index (κ2) is 7.46. The first-order valence-electron chi connectivity index (χ1n) is 6.19. The van der Waals surface area contributed by atoms with Gasteiger partial charge in [0.15, 0.2) is 0 Å². The highest BCUT2D eigenvalue weighted by molar-refractivity contribution is 6.31. The first kappa shape index (κ1) is 15.9. The molecule has 0 aliphatic rings. The summed E-state index contributed by atoms with van der Waals surface area (Å²) in [4.78, 5) is 11.6. The Morgan fingerprint density at radius 3 is 2.74 bits per heavy atom. The number of carbonyl (C=O) groups excluding carboxylic acids is 1. The fourth-order valence-corrected chi connectivity index (χ4v) is 1.97. The van der Waals surface area contributed by atoms with Crippen LogP contribution in [0, 0.1) is 11.7 Å². The molecule has 0 bridgehead atoms. The van der Waals surface area contributed by atoms with Crippen molar-refractivity contribution in [2.45, 2.75) is 32.9 Å². The molecule has 0 fully saturated rings. The number of nitrogens with one attached hydrogen (secondary N) is 1. The first-order chi connectivity index (χ1) is 8.93. The summed E-state index contributed by atoms with van der Waals surface area (Å²) in [5.41, 5.74) is 0.624. The lowest BCUT2D eigenvalue weighted by atomic mass is 10.0. The van der Waals surface area contributed by atoms with E-state index in [1.807, 2.05) is 13.8 Å². The molecule has 5 heteroatoms. The van der Waals surface area contributed by atoms with Crippen molar-refractivity contribution in [3.63, 3.8) is 0 Å². The van der Waals surface area contributed by atoms with E-state index in [0.717, 1.165) is 0 Å². The summed E-state index contributed by atoms with van der Waals surface area (Å²) >= 11 is 5.98. The highest BCUT2D eigenvalue weighted by atomic mass is 35.5. The van der Waals surface area contributed by atoms with Crippen molar-refractivity contribution in [1.82, 2.24) is 5.32 Å². The number of carbonyl (C=O) groups is 1. The van der Waals surface area contributed by atoms with Gasteiger partial charge in [-0.3, -0.25) is 4.79 Å². The minimum atomic E-state index is -0.413. The maximum atomic E-state index is 13.1. The summed E-state index contributed by atoms with van der Waals surface area (Å²) in [5, 5.41) is 3.53. The zero-order chi connectivity index (χ0) is 14.4. The van der Waals surface area contributed by atoms with Gasteiger partial charge in [0.2, 0.25) is 0 Å². The van der Waals surface area contributed by atoms with Crippen molar-refractivity contribution in [1.29, 1.82) is 0 Å². The Hall–Kier alpha value is -1.13. The standard InChI is InChI=1S/C14H19ClFNO2/c1-9(2)6-13(14(18)19-3)17-8-10-7-11(16)4-5-12(10)15/h4-5,7,9,13,17H,6,8H2,1-3H3. The number of benzene rings is 1. The normalized spacial score (nSPS) is 12.5. The number of ether oxygens (including phenoxy) is 1. The Morgan fingerprint density at radius 1 is 1.47 bits per heavy atom. The lowest BCUT2D eigenvalue weighted by Crippen LogP contribution is -2.38. The zero-order valence-corrected chi connectivity index (χ0v) is 12.1. The Bertz CT molecular complexity index is 437. The molecule has 1 N–H and O–H groups in total. The van der Waals surface area contributed by atoms with Crippen LogP contribution in [0.1, 0.15) is 25.8 Å². The van der Waals surface area contributed by atoms with Crippen LogP contribution in [0.15, 0.2) is 18.2 Å². The molecular weight excluding hydrogens is 269 g/mol. The monoisotopic (exact) mass is 287 g/mol. The van der Waals surface area contributed by atoms with Crippen LogP contribution in [-0.2, 0) is 16.1 Å². The van der Waals surface area contributed by atoms with Gasteiger partial charge in [-0.2, -0.15) is 0 Å². The van der Waals surface area contributed by atoms with Crippen LogP contribution in [-0.4, -0.2) is 19.1 Å². The average molecular weight is 288 g/mol. The number of esters is 1. The second-order valence-corrected chi connectivity index (χ2v) is 5.23. The third kappa shape index (κ3) is 5.17. The molecule has 1 unspecified atom stereocenters. The van der Waals surface area contributed by atoms with E-state index in [1.165, 1.54) is 25.3 Å². The Kier molecular flexibility index (Phi) is 6.25. The van der Waals surface area contributed by atoms with Crippen LogP contribution in [0.5, 0.6) is 0 Å². The Labute approximate surface area is 118 Å². The van der Waals surface area contributed by atoms with E-state index in [0.29, 0.717) is 29.5 Å². The van der Waals surface area contributed by atoms with Gasteiger partial charge in [0.25, 0.3) is 0 Å². The zero-order valence-electron chi connectivity index (χ0n) is 11.4. The van der Waals surface area contributed by atoms with E-state index in [1.54, 1.807) is 0 Å². The van der Waals surface area contributed by atoms with E-state index in [4.69, 9.17) is 16.3 Å². The SMILES string of the molecule is COC(=O)C(CC(C)C)NCc1cc(F)ccc1Cl. The molecule has 0 aromatic heterocycles. The molecule has 0 saturated heterocycles. The van der Waals surface area contributed by atoms with Crippen molar-refractivity contribution in [2.24, 2.45) is 5.92 Å². The lowest BCUT2D eigenvalue weighted by Gasteiger charge is -2.18. The van der Waals surface area contributed by atoms with Gasteiger partial charge in [-0.1, -0.05) is 25.4 Å². The van der Waals surface area contributed by atoms with Crippen LogP contribution >= 0.6 is 11.6 Å². The van der Waals surface area contributed by atoms with Crippen molar-refractivity contribution < 1.29 is 13.9 Å². The second-order valence-electron chi connectivity index (χ2n) is 4.82. The van der Waals surface area contributed by atoms with Gasteiger partial charge in [0.05, 0.1) is 7.11 Å². The van der Waals surface area contributed by atoms with Crippen molar-refractivity contribution >= 4 is 17.6 Å². The van der Waals surface area contributed by atoms with Gasteiger partial charge in [0.1, 0.15) is 11.9 Å². The molecule has 0 heterocycles. The van der Waals surface area contributed by atoms with Crippen LogP contribution in [0.4, 0.5) is 4.39 Å². The van der Waals surface area contributed by atoms with E-state index in [-0.39, 0.29) is 11.8 Å². The largest absolute Gasteiger partial charge is 0.468 e. The van der Waals surface area contributed by atoms with E-state index in [9.17, 15) is 9.18 Å². The number of hydrogen-bond acceptors (Lipinski definition) is 3. The van der Waals surface area contributed by atoms with Crippen LogP contribution in [0.3, 0.4) is 0 Å². The summed E-state index contributed by atoms with van der Waals surface area (Å²) in [6, 6.07) is 3.75. The summed E-state index contributed by atoms with van der Waals surface area (Å²) in [6.45, 7) is 4.36. The molecule has 106 valence electrons. The topological polar surface area (TPSA) is 38.3 Å². The number of halogens is 2. The van der Waals surface area contributed by atoms with Crippen molar-refractivity contribution in [3.8, 4) is 0 Å². The molecule has 1 atom stereocenters. The minimum Gasteiger partial charge on any atom is -0.468 e. The van der Waals surface area contributed by atoms with Crippen LogP contribution in [0.25, 0.3) is 0 Å². The van der Waals surface area contributed by atoms with Gasteiger partial charge in [-0.25, -0.2) is 4.39 Å². The van der Waals surface area contributed by atoms with Gasteiger partial charge in [-0.05, 0) is 36.1 Å². The fourth-order valence-electron chi connectivity index (χ4n) is 1.79. The molecule has 0 aliphatic heterocycles. The van der Waals surface area contributed by atoms with E-state index in [2.05, 4.69) is 5.32 Å². The predicted molar refractivity (Wildman–Crippen MR) is 73.5 cm³/mol. The highest BCUT2D eigenvalue weighted by Gasteiger charge is 2.20. The average Bonchev–Trinajstić information content (AvgIpc) is 2.36. The summed E-state index contributed by atoms with van der Waals surface area (Å²) in [6.07, 6.45) is 0.652. The fraction of sp³-hybridized carbons (Fsp3) is 0.500. The van der Waals surface area contributed by atoms with Gasteiger partial charge in [-0.15, -0.1) is 0 Å². The van der Waals surface area contributed by atoms with E-state index >= 15 is 0 Å². The molecule has 0 aliphatic carbocycles. The maximum Gasteiger partial charge on any atom is 0.322 e. The molecule has 1 rings (SSSR count). The summed E-state index contributed by atoms with van der Waals surface area (Å²) in [7, 11) is 1.35. The number of methoxy groups -OCH3 is 1. The summed E-state index contributed by atoms with van der Waals surface area (Å²) < 4.78 is 17.9. The molecule has 0 radical (unpaired) electrons. The van der Waals surface area contributed by atoms with Gasteiger partial charge < -0.3 is 10.1 Å². The molecule has 3 nitrogen and oxygen atoms in total. The van der Waals surface area contributed by atoms with E-state index < -0.39 is 6.04 Å². The predicted octanol–water partition coefficient (Wildman–Crippen LogP) is 3.16. The summed E-state index contributed by atoms with van der Waals surface area (Å²) in [5.74, 6) is -0.319. The number of rotatable bonds is 6. The number of hydrogen-bond donors (Lipinski definition) is 1. The third-order valence-electron chi connectivity index (χ3n) is 2.74. The lowest BCUT2D eigenvalue weighted by molar-refractivity contribution is -0.143. The third-order valence-corrected chi connectivity index (χ3v) is 3.11. The molecule has 0 spiro atoms. The molecular formula is C14H19ClFNO2. The van der Waals surface area contributed by atoms with Crippen molar-refractivity contribution in [2.75, 3.05) is 7.11 Å². The highest BCUT2D eigenvalue weighted by Crippen LogP contribution is 2.17. The van der Waals surface area contributed by atoms with Gasteiger partial charge in [0, 0.05) is 11.6 Å². The Morgan fingerprint density at radius 2 is 2.16 bits per heavy atom.